The van der Waals surface area contributed by atoms with Crippen molar-refractivity contribution in [1.29, 1.82) is 0 Å². The van der Waals surface area contributed by atoms with Gasteiger partial charge in [0.05, 0.1) is 27.4 Å². The van der Waals surface area contributed by atoms with Gasteiger partial charge in [-0.15, -0.1) is 11.3 Å². The molecule has 0 saturated carbocycles. The number of benzene rings is 1. The zero-order valence-corrected chi connectivity index (χ0v) is 19.1. The Morgan fingerprint density at radius 2 is 1.77 bits per heavy atom. The number of ether oxygens (including phenoxy) is 3. The van der Waals surface area contributed by atoms with Gasteiger partial charge in [0.15, 0.2) is 11.5 Å². The first-order chi connectivity index (χ1) is 14.6. The van der Waals surface area contributed by atoms with Gasteiger partial charge in [-0.2, -0.15) is 0 Å². The Labute approximate surface area is 184 Å². The van der Waals surface area contributed by atoms with Crippen molar-refractivity contribution in [2.24, 2.45) is 0 Å². The third-order valence-electron chi connectivity index (χ3n) is 4.70. The van der Waals surface area contributed by atoms with E-state index in [0.717, 1.165) is 36.1 Å². The van der Waals surface area contributed by atoms with Crippen LogP contribution in [-0.2, 0) is 0 Å². The second-order valence-electron chi connectivity index (χ2n) is 6.95. The summed E-state index contributed by atoms with van der Waals surface area (Å²) >= 11 is 1.61. The number of hydrogen-bond donors (Lipinski definition) is 1. The van der Waals surface area contributed by atoms with E-state index in [1.807, 2.05) is 29.6 Å². The van der Waals surface area contributed by atoms with Crippen LogP contribution in [0.2, 0.25) is 0 Å². The van der Waals surface area contributed by atoms with Gasteiger partial charge in [-0.1, -0.05) is 42.0 Å². The summed E-state index contributed by atoms with van der Waals surface area (Å²) in [6, 6.07) is 7.83. The zero-order valence-electron chi connectivity index (χ0n) is 18.3. The molecule has 2 rings (SSSR count). The van der Waals surface area contributed by atoms with E-state index in [2.05, 4.69) is 37.3 Å². The molecule has 162 valence electrons. The number of rotatable bonds is 12. The molecular formula is C25H32O4S. The third kappa shape index (κ3) is 7.39. The van der Waals surface area contributed by atoms with Gasteiger partial charge in [-0.05, 0) is 61.7 Å². The maximum atomic E-state index is 10.2. The largest absolute Gasteiger partial charge is 0.493 e. The molecule has 2 aromatic rings. The van der Waals surface area contributed by atoms with Crippen molar-refractivity contribution in [3.05, 3.63) is 70.0 Å². The highest BCUT2D eigenvalue weighted by Gasteiger charge is 2.11. The molecule has 30 heavy (non-hydrogen) atoms. The van der Waals surface area contributed by atoms with Crippen LogP contribution >= 0.6 is 11.3 Å². The summed E-state index contributed by atoms with van der Waals surface area (Å²) in [6.45, 7) is 2.11. The molecule has 0 radical (unpaired) electrons. The van der Waals surface area contributed by atoms with Crippen LogP contribution < -0.4 is 14.2 Å². The molecule has 4 nitrogen and oxygen atoms in total. The van der Waals surface area contributed by atoms with Gasteiger partial charge < -0.3 is 19.3 Å². The average molecular weight is 429 g/mol. The summed E-state index contributed by atoms with van der Waals surface area (Å²) in [7, 11) is 4.84. The van der Waals surface area contributed by atoms with E-state index in [9.17, 15) is 5.11 Å². The maximum Gasteiger partial charge on any atom is 0.203 e. The van der Waals surface area contributed by atoms with Gasteiger partial charge in [0.1, 0.15) is 0 Å². The Hall–Kier alpha value is -2.50. The Morgan fingerprint density at radius 3 is 2.37 bits per heavy atom. The first-order valence-electron chi connectivity index (χ1n) is 10.1. The van der Waals surface area contributed by atoms with Crippen LogP contribution in [0.15, 0.2) is 59.5 Å². The summed E-state index contributed by atoms with van der Waals surface area (Å²) in [5, 5.41) is 12.2. The lowest BCUT2D eigenvalue weighted by Crippen LogP contribution is -1.95. The lowest BCUT2D eigenvalue weighted by Gasteiger charge is -2.12. The van der Waals surface area contributed by atoms with Gasteiger partial charge in [0.25, 0.3) is 0 Å². The number of methoxy groups -OCH3 is 3. The number of aliphatic hydroxyl groups excluding tert-OH is 1. The van der Waals surface area contributed by atoms with Crippen LogP contribution in [-0.4, -0.2) is 26.4 Å². The van der Waals surface area contributed by atoms with Crippen LogP contribution in [0.5, 0.6) is 17.2 Å². The molecule has 0 saturated heterocycles. The van der Waals surface area contributed by atoms with Crippen molar-refractivity contribution >= 4 is 17.4 Å². The zero-order chi connectivity index (χ0) is 21.8. The molecule has 0 fully saturated rings. The van der Waals surface area contributed by atoms with Gasteiger partial charge >= 0.3 is 0 Å². The smallest absolute Gasteiger partial charge is 0.203 e. The number of thiophene rings is 1. The number of hydrogen-bond acceptors (Lipinski definition) is 5. The van der Waals surface area contributed by atoms with E-state index in [1.54, 1.807) is 32.7 Å². The van der Waals surface area contributed by atoms with Gasteiger partial charge in [0, 0.05) is 4.88 Å². The molecule has 5 heteroatoms. The lowest BCUT2D eigenvalue weighted by molar-refractivity contribution is 0.171. The van der Waals surface area contributed by atoms with Crippen LogP contribution in [0, 0.1) is 0 Å². The summed E-state index contributed by atoms with van der Waals surface area (Å²) < 4.78 is 16.1. The van der Waals surface area contributed by atoms with Crippen LogP contribution in [0.25, 0.3) is 6.08 Å². The predicted octanol–water partition coefficient (Wildman–Crippen LogP) is 6.58. The molecule has 1 heterocycles. The molecule has 0 aliphatic rings. The first kappa shape index (κ1) is 23.8. The van der Waals surface area contributed by atoms with Crippen molar-refractivity contribution in [3.8, 4) is 17.2 Å². The minimum atomic E-state index is -0.363. The molecule has 0 spiro atoms. The number of allylic oxidation sites excluding steroid dienone is 5. The van der Waals surface area contributed by atoms with Crippen LogP contribution in [0.3, 0.4) is 0 Å². The molecular weight excluding hydrogens is 396 g/mol. The van der Waals surface area contributed by atoms with Crippen molar-refractivity contribution in [2.45, 2.75) is 38.7 Å². The molecule has 1 aromatic carbocycles. The molecule has 0 amide bonds. The SMILES string of the molecule is COc1cc(/C=C\CC/C=C/C=C(\C)CCC(O)c2cccs2)cc(OC)c1OC. The molecule has 0 aliphatic carbocycles. The summed E-state index contributed by atoms with van der Waals surface area (Å²) in [6.07, 6.45) is 13.8. The summed E-state index contributed by atoms with van der Waals surface area (Å²) in [4.78, 5) is 1.04. The Kier molecular flexibility index (Phi) is 10.3. The van der Waals surface area contributed by atoms with Gasteiger partial charge in [0.2, 0.25) is 5.75 Å². The second kappa shape index (κ2) is 12.9. The van der Waals surface area contributed by atoms with Crippen molar-refractivity contribution in [1.82, 2.24) is 0 Å². The van der Waals surface area contributed by atoms with Crippen LogP contribution in [0.4, 0.5) is 0 Å². The van der Waals surface area contributed by atoms with E-state index in [-0.39, 0.29) is 6.10 Å². The quantitative estimate of drug-likeness (QED) is 0.306. The molecule has 1 aromatic heterocycles. The predicted molar refractivity (Wildman–Crippen MR) is 126 cm³/mol. The van der Waals surface area contributed by atoms with Crippen molar-refractivity contribution < 1.29 is 19.3 Å². The highest BCUT2D eigenvalue weighted by molar-refractivity contribution is 7.10. The molecule has 0 bridgehead atoms. The molecule has 1 atom stereocenters. The van der Waals surface area contributed by atoms with Crippen molar-refractivity contribution in [2.75, 3.05) is 21.3 Å². The minimum absolute atomic E-state index is 0.363. The normalized spacial score (nSPS) is 13.2. The fraction of sp³-hybridized carbons (Fsp3) is 0.360. The first-order valence-corrected chi connectivity index (χ1v) is 11.0. The molecule has 0 aliphatic heterocycles. The topological polar surface area (TPSA) is 47.9 Å². The van der Waals surface area contributed by atoms with E-state index in [4.69, 9.17) is 14.2 Å². The number of unbranched alkanes of at least 4 members (excludes halogenated alkanes) is 1. The highest BCUT2D eigenvalue weighted by Crippen LogP contribution is 2.38. The third-order valence-corrected chi connectivity index (χ3v) is 5.67. The molecule has 1 unspecified atom stereocenters. The maximum absolute atomic E-state index is 10.2. The van der Waals surface area contributed by atoms with Gasteiger partial charge in [-0.3, -0.25) is 0 Å². The second-order valence-corrected chi connectivity index (χ2v) is 7.93. The fourth-order valence-electron chi connectivity index (χ4n) is 3.01. The standard InChI is InChI=1S/C25H32O4S/c1-19(14-15-21(26)24-13-10-16-30-24)11-8-6-5-7-9-12-20-17-22(27-2)25(29-4)23(18-20)28-3/h6,8-13,16-18,21,26H,5,7,14-15H2,1-4H3/b8-6+,12-9-,19-11+. The average Bonchev–Trinajstić information content (AvgIpc) is 3.31. The summed E-state index contributed by atoms with van der Waals surface area (Å²) in [5.74, 6) is 1.91. The van der Waals surface area contributed by atoms with Crippen LogP contribution in [0.1, 0.15) is 49.2 Å². The van der Waals surface area contributed by atoms with E-state index < -0.39 is 0 Å². The highest BCUT2D eigenvalue weighted by atomic mass is 32.1. The minimum Gasteiger partial charge on any atom is -0.493 e. The van der Waals surface area contributed by atoms with Crippen molar-refractivity contribution in [3.63, 3.8) is 0 Å². The Balaban J connectivity index is 1.78. The van der Waals surface area contributed by atoms with Gasteiger partial charge in [-0.25, -0.2) is 0 Å². The van der Waals surface area contributed by atoms with E-state index >= 15 is 0 Å². The summed E-state index contributed by atoms with van der Waals surface area (Å²) in [5.41, 5.74) is 2.28. The molecule has 1 N–H and O–H groups in total. The Bertz CT molecular complexity index is 825. The lowest BCUT2D eigenvalue weighted by atomic mass is 10.1. The Morgan fingerprint density at radius 1 is 1.07 bits per heavy atom. The number of aliphatic hydroxyl groups is 1. The fourth-order valence-corrected chi connectivity index (χ4v) is 3.76. The van der Waals surface area contributed by atoms with E-state index in [0.29, 0.717) is 17.2 Å². The van der Waals surface area contributed by atoms with E-state index in [1.165, 1.54) is 5.57 Å². The monoisotopic (exact) mass is 428 g/mol.